The van der Waals surface area contributed by atoms with Gasteiger partial charge in [-0.05, 0) is 69.3 Å². The number of urea groups is 1. The van der Waals surface area contributed by atoms with Crippen molar-refractivity contribution in [3.63, 3.8) is 0 Å². The molecule has 3 amide bonds. The van der Waals surface area contributed by atoms with Crippen LogP contribution < -0.4 is 20.4 Å². The van der Waals surface area contributed by atoms with Crippen molar-refractivity contribution in [2.45, 2.75) is 32.9 Å². The molecule has 2 N–H and O–H groups in total. The molecule has 1 atom stereocenters. The maximum Gasteiger partial charge on any atom is 0.323 e. The molecule has 0 bridgehead atoms. The Labute approximate surface area is 269 Å². The molecule has 1 aromatic heterocycles. The Morgan fingerprint density at radius 1 is 0.739 bits per heavy atom. The monoisotopic (exact) mass is 629 g/mol. The fourth-order valence-corrected chi connectivity index (χ4v) is 6.09. The van der Waals surface area contributed by atoms with Crippen molar-refractivity contribution in [1.82, 2.24) is 24.8 Å². The van der Waals surface area contributed by atoms with Crippen LogP contribution >= 0.6 is 0 Å². The largest absolute Gasteiger partial charge is 0.378 e. The standard InChI is InChI=1S/C33H43N9O4/c1-23(2)42-13-12-41(22-24(42)3)30(43)26-6-10-28(11-7-26)35-33(44)34-27-8-4-25(5-9-27)29-36-31(39-14-18-45-19-15-39)38-32(37-29)40-16-20-46-21-17-40/h4-11,23-24H,12-22H2,1-3H3,(H2,34,35,44)/t24-/m1/s1. The molecule has 0 radical (unpaired) electrons. The highest BCUT2D eigenvalue weighted by Crippen LogP contribution is 2.24. The van der Waals surface area contributed by atoms with Crippen LogP contribution in [-0.2, 0) is 9.47 Å². The first kappa shape index (κ1) is 31.6. The summed E-state index contributed by atoms with van der Waals surface area (Å²) in [5, 5.41) is 5.72. The van der Waals surface area contributed by atoms with E-state index < -0.39 is 0 Å². The van der Waals surface area contributed by atoms with E-state index in [2.05, 4.69) is 46.1 Å². The summed E-state index contributed by atoms with van der Waals surface area (Å²) in [6, 6.07) is 14.8. The first-order valence-electron chi connectivity index (χ1n) is 16.1. The second kappa shape index (κ2) is 14.4. The summed E-state index contributed by atoms with van der Waals surface area (Å²) in [7, 11) is 0. The van der Waals surface area contributed by atoms with Crippen LogP contribution in [0.1, 0.15) is 31.1 Å². The highest BCUT2D eigenvalue weighted by Gasteiger charge is 2.28. The van der Waals surface area contributed by atoms with Crippen LogP contribution in [0.2, 0.25) is 0 Å². The summed E-state index contributed by atoms with van der Waals surface area (Å²) < 4.78 is 11.0. The molecule has 0 unspecified atom stereocenters. The maximum absolute atomic E-state index is 13.1. The molecular formula is C33H43N9O4. The molecule has 244 valence electrons. The van der Waals surface area contributed by atoms with E-state index in [4.69, 9.17) is 24.4 Å². The average Bonchev–Trinajstić information content (AvgIpc) is 3.09. The van der Waals surface area contributed by atoms with Crippen LogP contribution in [0.3, 0.4) is 0 Å². The zero-order valence-electron chi connectivity index (χ0n) is 26.8. The Bertz CT molecular complexity index is 1450. The van der Waals surface area contributed by atoms with E-state index in [1.807, 2.05) is 29.2 Å². The van der Waals surface area contributed by atoms with Gasteiger partial charge in [0.2, 0.25) is 11.9 Å². The molecule has 0 saturated carbocycles. The fourth-order valence-electron chi connectivity index (χ4n) is 6.09. The Balaban J connectivity index is 1.08. The summed E-state index contributed by atoms with van der Waals surface area (Å²) in [6.45, 7) is 14.2. The predicted molar refractivity (Wildman–Crippen MR) is 178 cm³/mol. The van der Waals surface area contributed by atoms with Gasteiger partial charge in [-0.15, -0.1) is 0 Å². The van der Waals surface area contributed by atoms with Crippen molar-refractivity contribution in [1.29, 1.82) is 0 Å². The summed E-state index contributed by atoms with van der Waals surface area (Å²) >= 11 is 0. The van der Waals surface area contributed by atoms with Gasteiger partial charge in [0.05, 0.1) is 26.4 Å². The van der Waals surface area contributed by atoms with Crippen molar-refractivity contribution in [2.75, 3.05) is 92.7 Å². The number of amides is 3. The van der Waals surface area contributed by atoms with E-state index in [-0.39, 0.29) is 11.9 Å². The van der Waals surface area contributed by atoms with Gasteiger partial charge < -0.3 is 34.8 Å². The molecule has 3 aromatic rings. The third-order valence-electron chi connectivity index (χ3n) is 8.62. The Hall–Kier alpha value is -4.33. The predicted octanol–water partition coefficient (Wildman–Crippen LogP) is 3.41. The van der Waals surface area contributed by atoms with Crippen LogP contribution in [0.25, 0.3) is 11.4 Å². The van der Waals surface area contributed by atoms with Gasteiger partial charge in [0.25, 0.3) is 5.91 Å². The summed E-state index contributed by atoms with van der Waals surface area (Å²) in [4.78, 5) is 48.8. The highest BCUT2D eigenvalue weighted by atomic mass is 16.5. The minimum atomic E-state index is -0.380. The third kappa shape index (κ3) is 7.54. The number of benzene rings is 2. The van der Waals surface area contributed by atoms with E-state index >= 15 is 0 Å². The lowest BCUT2D eigenvalue weighted by Gasteiger charge is -2.42. The van der Waals surface area contributed by atoms with Crippen LogP contribution in [0.5, 0.6) is 0 Å². The normalized spacial score (nSPS) is 19.3. The number of nitrogens with zero attached hydrogens (tertiary/aromatic N) is 7. The molecule has 3 saturated heterocycles. The van der Waals surface area contributed by atoms with E-state index in [1.165, 1.54) is 0 Å². The minimum Gasteiger partial charge on any atom is -0.378 e. The van der Waals surface area contributed by atoms with Crippen LogP contribution in [0.4, 0.5) is 28.1 Å². The molecule has 4 heterocycles. The maximum atomic E-state index is 13.1. The lowest BCUT2D eigenvalue weighted by Crippen LogP contribution is -2.55. The van der Waals surface area contributed by atoms with Crippen molar-refractivity contribution in [3.05, 3.63) is 54.1 Å². The Morgan fingerprint density at radius 2 is 1.26 bits per heavy atom. The molecule has 3 aliphatic rings. The quantitative estimate of drug-likeness (QED) is 0.401. The van der Waals surface area contributed by atoms with Gasteiger partial charge in [-0.1, -0.05) is 0 Å². The van der Waals surface area contributed by atoms with Gasteiger partial charge in [-0.2, -0.15) is 15.0 Å². The van der Waals surface area contributed by atoms with E-state index in [9.17, 15) is 9.59 Å². The number of hydrogen-bond acceptors (Lipinski definition) is 10. The lowest BCUT2D eigenvalue weighted by molar-refractivity contribution is 0.0426. The number of carbonyl (C=O) groups excluding carboxylic acids is 2. The van der Waals surface area contributed by atoms with E-state index in [0.29, 0.717) is 86.3 Å². The molecule has 3 fully saturated rings. The second-order valence-corrected chi connectivity index (χ2v) is 12.1. The van der Waals surface area contributed by atoms with Crippen LogP contribution in [0.15, 0.2) is 48.5 Å². The topological polar surface area (TPSA) is 128 Å². The highest BCUT2D eigenvalue weighted by molar-refractivity contribution is 6.00. The fraction of sp³-hybridized carbons (Fsp3) is 0.485. The number of hydrogen-bond donors (Lipinski definition) is 2. The van der Waals surface area contributed by atoms with Gasteiger partial charge in [0, 0.05) is 80.4 Å². The summed E-state index contributed by atoms with van der Waals surface area (Å²) in [5.41, 5.74) is 2.65. The van der Waals surface area contributed by atoms with Gasteiger partial charge in [0.15, 0.2) is 5.82 Å². The number of carbonyl (C=O) groups is 2. The van der Waals surface area contributed by atoms with Gasteiger partial charge in [-0.3, -0.25) is 9.69 Å². The van der Waals surface area contributed by atoms with Crippen LogP contribution in [-0.4, -0.2) is 121 Å². The summed E-state index contributed by atoms with van der Waals surface area (Å²) in [6.07, 6.45) is 0. The molecule has 13 heteroatoms. The Morgan fingerprint density at radius 3 is 1.76 bits per heavy atom. The second-order valence-electron chi connectivity index (χ2n) is 12.1. The molecule has 46 heavy (non-hydrogen) atoms. The number of anilines is 4. The number of aromatic nitrogens is 3. The number of ether oxygens (including phenoxy) is 2. The molecule has 3 aliphatic heterocycles. The van der Waals surface area contributed by atoms with Gasteiger partial charge in [-0.25, -0.2) is 4.79 Å². The van der Waals surface area contributed by atoms with Gasteiger partial charge >= 0.3 is 6.03 Å². The Kier molecular flexibility index (Phi) is 9.91. The molecule has 6 rings (SSSR count). The van der Waals surface area contributed by atoms with Crippen LogP contribution in [0, 0.1) is 0 Å². The average molecular weight is 630 g/mol. The number of morpholine rings is 2. The van der Waals surface area contributed by atoms with Crippen molar-refractivity contribution in [3.8, 4) is 11.4 Å². The first-order valence-corrected chi connectivity index (χ1v) is 16.1. The SMILES string of the molecule is CC(C)N1CCN(C(=O)c2ccc(NC(=O)Nc3ccc(-c4nc(N5CCOCC5)nc(N5CCOCC5)n4)cc3)cc2)C[C@H]1C. The molecular weight excluding hydrogens is 586 g/mol. The minimum absolute atomic E-state index is 0.0126. The zero-order valence-corrected chi connectivity index (χ0v) is 26.8. The number of rotatable bonds is 7. The smallest absolute Gasteiger partial charge is 0.323 e. The van der Waals surface area contributed by atoms with Gasteiger partial charge in [0.1, 0.15) is 0 Å². The summed E-state index contributed by atoms with van der Waals surface area (Å²) in [5.74, 6) is 1.85. The molecule has 13 nitrogen and oxygen atoms in total. The zero-order chi connectivity index (χ0) is 32.0. The third-order valence-corrected chi connectivity index (χ3v) is 8.62. The van der Waals surface area contributed by atoms with Crippen molar-refractivity contribution < 1.29 is 19.1 Å². The number of piperazine rings is 1. The first-order chi connectivity index (χ1) is 22.3. The molecule has 0 aliphatic carbocycles. The molecule has 2 aromatic carbocycles. The van der Waals surface area contributed by atoms with Crippen molar-refractivity contribution in [2.24, 2.45) is 0 Å². The molecule has 0 spiro atoms. The number of nitrogens with one attached hydrogen (secondary N) is 2. The van der Waals surface area contributed by atoms with Crippen molar-refractivity contribution >= 4 is 35.2 Å². The van der Waals surface area contributed by atoms with E-state index in [0.717, 1.165) is 38.3 Å². The van der Waals surface area contributed by atoms with E-state index in [1.54, 1.807) is 24.3 Å². The lowest BCUT2D eigenvalue weighted by atomic mass is 10.1.